The number of Topliss-reactive ketones (excluding diaryl/α,β-unsaturated/α-hetero) is 1. The van der Waals surface area contributed by atoms with Gasteiger partial charge in [0.2, 0.25) is 0 Å². The van der Waals surface area contributed by atoms with Gasteiger partial charge in [0.25, 0.3) is 0 Å². The van der Waals surface area contributed by atoms with E-state index in [9.17, 15) is 14.7 Å². The molecule has 0 bridgehead atoms. The topological polar surface area (TPSA) is 94.9 Å². The highest BCUT2D eigenvalue weighted by Gasteiger charge is 2.28. The highest BCUT2D eigenvalue weighted by molar-refractivity contribution is 6.14. The van der Waals surface area contributed by atoms with E-state index in [1.165, 1.54) is 6.21 Å². The van der Waals surface area contributed by atoms with Crippen LogP contribution in [0.3, 0.4) is 0 Å². The molecule has 1 aromatic rings. The van der Waals surface area contributed by atoms with Crippen molar-refractivity contribution in [3.8, 4) is 5.75 Å². The lowest BCUT2D eigenvalue weighted by molar-refractivity contribution is -0.116. The van der Waals surface area contributed by atoms with Crippen molar-refractivity contribution >= 4 is 18.0 Å². The van der Waals surface area contributed by atoms with E-state index in [4.69, 9.17) is 9.47 Å². The monoisotopic (exact) mass is 470 g/mol. The van der Waals surface area contributed by atoms with E-state index in [1.807, 2.05) is 34.1 Å². The SMILES string of the molecule is COc1ccc(C2CC(=O)C(C=NCCN3CCN(C(=O)N4CCOCC4)CC3)=C(O)C2)cc1. The van der Waals surface area contributed by atoms with Gasteiger partial charge in [-0.05, 0) is 23.6 Å². The molecular weight excluding hydrogens is 436 g/mol. The van der Waals surface area contributed by atoms with Crippen molar-refractivity contribution in [2.24, 2.45) is 4.99 Å². The van der Waals surface area contributed by atoms with Gasteiger partial charge in [-0.3, -0.25) is 14.7 Å². The number of piperazine rings is 1. The molecule has 3 aliphatic rings. The van der Waals surface area contributed by atoms with Crippen molar-refractivity contribution in [2.75, 3.05) is 72.7 Å². The third-order valence-corrected chi connectivity index (χ3v) is 6.76. The second-order valence-corrected chi connectivity index (χ2v) is 8.91. The lowest BCUT2D eigenvalue weighted by atomic mass is 9.83. The number of aliphatic hydroxyl groups excluding tert-OH is 1. The first-order chi connectivity index (χ1) is 16.5. The Morgan fingerprint density at radius 2 is 1.76 bits per heavy atom. The molecule has 0 saturated carbocycles. The number of nitrogens with zero attached hydrogens (tertiary/aromatic N) is 4. The molecule has 4 rings (SSSR count). The molecule has 1 atom stereocenters. The zero-order valence-corrected chi connectivity index (χ0v) is 19.8. The third kappa shape index (κ3) is 5.95. The number of amides is 2. The minimum Gasteiger partial charge on any atom is -0.511 e. The Morgan fingerprint density at radius 1 is 1.09 bits per heavy atom. The van der Waals surface area contributed by atoms with Gasteiger partial charge in [-0.1, -0.05) is 12.1 Å². The van der Waals surface area contributed by atoms with Crippen molar-refractivity contribution in [3.05, 3.63) is 41.2 Å². The molecule has 1 aromatic carbocycles. The Bertz CT molecular complexity index is 916. The zero-order valence-electron chi connectivity index (χ0n) is 19.8. The van der Waals surface area contributed by atoms with Crippen molar-refractivity contribution < 1.29 is 24.2 Å². The van der Waals surface area contributed by atoms with E-state index in [2.05, 4.69) is 9.89 Å². The molecule has 0 aromatic heterocycles. The molecule has 2 saturated heterocycles. The summed E-state index contributed by atoms with van der Waals surface area (Å²) in [5.74, 6) is 0.759. The molecule has 1 aliphatic carbocycles. The average Bonchev–Trinajstić information content (AvgIpc) is 2.88. The van der Waals surface area contributed by atoms with Crippen LogP contribution in [0.5, 0.6) is 5.75 Å². The second-order valence-electron chi connectivity index (χ2n) is 8.91. The summed E-state index contributed by atoms with van der Waals surface area (Å²) in [6.45, 7) is 6.88. The predicted molar refractivity (Wildman–Crippen MR) is 129 cm³/mol. The number of ether oxygens (including phenoxy) is 2. The molecule has 1 unspecified atom stereocenters. The lowest BCUT2D eigenvalue weighted by Crippen LogP contribution is -2.55. The number of allylic oxidation sites excluding steroid dienone is 2. The van der Waals surface area contributed by atoms with Crippen molar-refractivity contribution in [3.63, 3.8) is 0 Å². The molecule has 1 N–H and O–H groups in total. The Balaban J connectivity index is 1.22. The number of rotatable bonds is 6. The first-order valence-electron chi connectivity index (χ1n) is 12.0. The van der Waals surface area contributed by atoms with Gasteiger partial charge < -0.3 is 24.4 Å². The van der Waals surface area contributed by atoms with Crippen LogP contribution in [0.25, 0.3) is 0 Å². The van der Waals surface area contributed by atoms with E-state index < -0.39 is 0 Å². The van der Waals surface area contributed by atoms with Gasteiger partial charge in [0.1, 0.15) is 11.5 Å². The van der Waals surface area contributed by atoms with Crippen LogP contribution >= 0.6 is 0 Å². The van der Waals surface area contributed by atoms with Crippen molar-refractivity contribution in [1.82, 2.24) is 14.7 Å². The van der Waals surface area contributed by atoms with Crippen molar-refractivity contribution in [1.29, 1.82) is 0 Å². The van der Waals surface area contributed by atoms with E-state index in [-0.39, 0.29) is 23.5 Å². The second kappa shape index (κ2) is 11.5. The van der Waals surface area contributed by atoms with Crippen LogP contribution in [0.15, 0.2) is 40.6 Å². The number of urea groups is 1. The number of aliphatic imine (C=N–C) groups is 1. The fourth-order valence-corrected chi connectivity index (χ4v) is 4.64. The molecule has 2 aliphatic heterocycles. The zero-order chi connectivity index (χ0) is 23.9. The van der Waals surface area contributed by atoms with Crippen LogP contribution in [0.4, 0.5) is 4.79 Å². The highest BCUT2D eigenvalue weighted by atomic mass is 16.5. The number of morpholine rings is 1. The Kier molecular flexibility index (Phi) is 8.18. The summed E-state index contributed by atoms with van der Waals surface area (Å²) in [5.41, 5.74) is 1.34. The van der Waals surface area contributed by atoms with Crippen molar-refractivity contribution in [2.45, 2.75) is 18.8 Å². The fourth-order valence-electron chi connectivity index (χ4n) is 4.64. The summed E-state index contributed by atoms with van der Waals surface area (Å²) in [5, 5.41) is 10.5. The largest absolute Gasteiger partial charge is 0.511 e. The quantitative estimate of drug-likeness (QED) is 0.640. The molecule has 9 nitrogen and oxygen atoms in total. The lowest BCUT2D eigenvalue weighted by Gasteiger charge is -2.38. The number of benzene rings is 1. The van der Waals surface area contributed by atoms with E-state index in [0.29, 0.717) is 64.4 Å². The number of carbonyl (C=O) groups excluding carboxylic acids is 2. The third-order valence-electron chi connectivity index (χ3n) is 6.76. The molecule has 0 radical (unpaired) electrons. The minimum atomic E-state index is -0.0800. The fraction of sp³-hybridized carbons (Fsp3) is 0.560. The molecule has 34 heavy (non-hydrogen) atoms. The molecule has 2 fully saturated rings. The first kappa shape index (κ1) is 24.2. The predicted octanol–water partition coefficient (Wildman–Crippen LogP) is 2.09. The average molecular weight is 471 g/mol. The maximum absolute atomic E-state index is 12.6. The van der Waals surface area contributed by atoms with Gasteiger partial charge in [-0.25, -0.2) is 4.79 Å². The Labute approximate surface area is 200 Å². The van der Waals surface area contributed by atoms with Crippen LogP contribution in [0.2, 0.25) is 0 Å². The van der Waals surface area contributed by atoms with Gasteiger partial charge in [-0.15, -0.1) is 0 Å². The number of hydrogen-bond donors (Lipinski definition) is 1. The minimum absolute atomic E-state index is 0.0352. The van der Waals surface area contributed by atoms with Gasteiger partial charge in [-0.2, -0.15) is 0 Å². The number of ketones is 1. The number of carbonyl (C=O) groups is 2. The Hall–Kier alpha value is -2.91. The number of methoxy groups -OCH3 is 1. The molecule has 2 heterocycles. The Morgan fingerprint density at radius 3 is 2.41 bits per heavy atom. The van der Waals surface area contributed by atoms with E-state index in [1.54, 1.807) is 7.11 Å². The van der Waals surface area contributed by atoms with Gasteiger partial charge in [0.15, 0.2) is 5.78 Å². The summed E-state index contributed by atoms with van der Waals surface area (Å²) in [6, 6.07) is 7.73. The maximum atomic E-state index is 12.6. The van der Waals surface area contributed by atoms with Crippen LogP contribution in [0.1, 0.15) is 24.3 Å². The van der Waals surface area contributed by atoms with E-state index in [0.717, 1.165) is 30.9 Å². The summed E-state index contributed by atoms with van der Waals surface area (Å²) < 4.78 is 10.5. The van der Waals surface area contributed by atoms with E-state index >= 15 is 0 Å². The van der Waals surface area contributed by atoms with Gasteiger partial charge >= 0.3 is 6.03 Å². The van der Waals surface area contributed by atoms with Gasteiger partial charge in [0, 0.05) is 64.9 Å². The molecule has 184 valence electrons. The normalized spacial score (nSPS) is 22.5. The maximum Gasteiger partial charge on any atom is 0.320 e. The molecular formula is C25H34N4O5. The number of hydrogen-bond acceptors (Lipinski definition) is 7. The molecule has 9 heteroatoms. The molecule has 0 spiro atoms. The summed E-state index contributed by atoms with van der Waals surface area (Å²) in [7, 11) is 1.62. The summed E-state index contributed by atoms with van der Waals surface area (Å²) >= 11 is 0. The van der Waals surface area contributed by atoms with Gasteiger partial charge in [0.05, 0.1) is 32.4 Å². The smallest absolute Gasteiger partial charge is 0.320 e. The first-order valence-corrected chi connectivity index (χ1v) is 12.0. The number of aliphatic hydroxyl groups is 1. The van der Waals surface area contributed by atoms with Crippen LogP contribution in [-0.4, -0.2) is 111 Å². The standard InChI is InChI=1S/C25H34N4O5/c1-33-21-4-2-19(3-5-21)20-16-23(30)22(24(31)17-20)18-26-6-7-27-8-10-28(11-9-27)25(32)29-12-14-34-15-13-29/h2-5,18,20,30H,6-17H2,1H3. The summed E-state index contributed by atoms with van der Waals surface area (Å²) in [6.07, 6.45) is 2.32. The summed E-state index contributed by atoms with van der Waals surface area (Å²) in [4.78, 5) is 35.7. The molecule has 2 amide bonds. The van der Waals surface area contributed by atoms with Crippen LogP contribution in [-0.2, 0) is 9.53 Å². The van der Waals surface area contributed by atoms with Crippen LogP contribution in [0, 0.1) is 0 Å². The highest BCUT2D eigenvalue weighted by Crippen LogP contribution is 2.33. The van der Waals surface area contributed by atoms with Crippen LogP contribution < -0.4 is 4.74 Å².